The van der Waals surface area contributed by atoms with Crippen LogP contribution in [0.25, 0.3) is 0 Å². The van der Waals surface area contributed by atoms with E-state index in [0.29, 0.717) is 10.9 Å². The number of ketones is 1. The van der Waals surface area contributed by atoms with Crippen molar-refractivity contribution in [1.82, 2.24) is 0 Å². The van der Waals surface area contributed by atoms with E-state index in [1.807, 2.05) is 25.1 Å². The number of hydrogen-bond acceptors (Lipinski definition) is 1. The first-order valence-electron chi connectivity index (χ1n) is 6.93. The van der Waals surface area contributed by atoms with Gasteiger partial charge in [-0.05, 0) is 61.6 Å². The molecule has 2 bridgehead atoms. The number of Topliss-reactive ketones (excluding diaryl/α,β-unsaturated/α-hetero) is 1. The second-order valence-electron chi connectivity index (χ2n) is 6.02. The predicted molar refractivity (Wildman–Crippen MR) is 74.1 cm³/mol. The topological polar surface area (TPSA) is 17.1 Å². The lowest BCUT2D eigenvalue weighted by atomic mass is 9.84. The summed E-state index contributed by atoms with van der Waals surface area (Å²) in [6.07, 6.45) is 6.10. The molecular weight excluding hydrogens is 244 g/mol. The van der Waals surface area contributed by atoms with Gasteiger partial charge in [-0.15, -0.1) is 0 Å². The third-order valence-electron chi connectivity index (χ3n) is 4.83. The van der Waals surface area contributed by atoms with Crippen LogP contribution in [0.15, 0.2) is 18.2 Å². The molecule has 0 spiro atoms. The van der Waals surface area contributed by atoms with Crippen LogP contribution in [0.5, 0.6) is 0 Å². The standard InChI is InChI=1S/C16H19ClO/c1-10-2-5-14(17)9-15(10)16(18)8-13-7-11-3-4-12(13)6-11/h2,5,9,11-13H,3-4,6-8H2,1H3. The Morgan fingerprint density at radius 1 is 1.33 bits per heavy atom. The fourth-order valence-corrected chi connectivity index (χ4v) is 4.04. The average Bonchev–Trinajstić information content (AvgIpc) is 2.94. The molecule has 2 aliphatic carbocycles. The maximum absolute atomic E-state index is 12.4. The van der Waals surface area contributed by atoms with Gasteiger partial charge in [0.1, 0.15) is 0 Å². The highest BCUT2D eigenvalue weighted by molar-refractivity contribution is 6.31. The van der Waals surface area contributed by atoms with E-state index in [1.54, 1.807) is 0 Å². The zero-order chi connectivity index (χ0) is 12.7. The van der Waals surface area contributed by atoms with E-state index >= 15 is 0 Å². The molecule has 0 aromatic heterocycles. The zero-order valence-electron chi connectivity index (χ0n) is 10.8. The van der Waals surface area contributed by atoms with Gasteiger partial charge in [-0.3, -0.25) is 4.79 Å². The third-order valence-corrected chi connectivity index (χ3v) is 5.07. The minimum Gasteiger partial charge on any atom is -0.294 e. The number of carbonyl (C=O) groups excluding carboxylic acids is 1. The number of rotatable bonds is 3. The van der Waals surface area contributed by atoms with Crippen molar-refractivity contribution in [2.75, 3.05) is 0 Å². The van der Waals surface area contributed by atoms with Crippen LogP contribution in [0.2, 0.25) is 5.02 Å². The van der Waals surface area contributed by atoms with E-state index in [2.05, 4.69) is 0 Å². The quantitative estimate of drug-likeness (QED) is 0.724. The van der Waals surface area contributed by atoms with Crippen molar-refractivity contribution in [3.63, 3.8) is 0 Å². The van der Waals surface area contributed by atoms with E-state index in [0.717, 1.165) is 29.4 Å². The summed E-state index contributed by atoms with van der Waals surface area (Å²) in [7, 11) is 0. The average molecular weight is 263 g/mol. The monoisotopic (exact) mass is 262 g/mol. The maximum atomic E-state index is 12.4. The number of halogens is 1. The molecule has 18 heavy (non-hydrogen) atoms. The van der Waals surface area contributed by atoms with E-state index in [4.69, 9.17) is 11.6 Å². The van der Waals surface area contributed by atoms with Crippen molar-refractivity contribution in [3.8, 4) is 0 Å². The summed E-state index contributed by atoms with van der Waals surface area (Å²) in [6.45, 7) is 1.99. The lowest BCUT2D eigenvalue weighted by Crippen LogP contribution is -2.16. The molecule has 2 heteroatoms. The first kappa shape index (κ1) is 12.2. The van der Waals surface area contributed by atoms with Gasteiger partial charge in [0.15, 0.2) is 5.78 Å². The van der Waals surface area contributed by atoms with Gasteiger partial charge in [-0.25, -0.2) is 0 Å². The Hall–Kier alpha value is -0.820. The fourth-order valence-electron chi connectivity index (χ4n) is 3.87. The predicted octanol–water partition coefficient (Wildman–Crippen LogP) is 4.66. The molecule has 96 valence electrons. The van der Waals surface area contributed by atoms with E-state index < -0.39 is 0 Å². The molecule has 2 fully saturated rings. The van der Waals surface area contributed by atoms with Crippen LogP contribution in [0.1, 0.15) is 48.0 Å². The molecule has 0 saturated heterocycles. The van der Waals surface area contributed by atoms with Gasteiger partial charge in [0.05, 0.1) is 0 Å². The molecule has 0 N–H and O–H groups in total. The van der Waals surface area contributed by atoms with Crippen molar-refractivity contribution >= 4 is 17.4 Å². The van der Waals surface area contributed by atoms with Crippen LogP contribution in [-0.2, 0) is 0 Å². The number of hydrogen-bond donors (Lipinski definition) is 0. The fraction of sp³-hybridized carbons (Fsp3) is 0.562. The van der Waals surface area contributed by atoms with Gasteiger partial charge in [-0.1, -0.05) is 24.1 Å². The summed E-state index contributed by atoms with van der Waals surface area (Å²) in [5.74, 6) is 2.65. The molecule has 3 rings (SSSR count). The van der Waals surface area contributed by atoms with Crippen molar-refractivity contribution in [2.45, 2.75) is 39.0 Å². The molecule has 0 heterocycles. The van der Waals surface area contributed by atoms with Crippen LogP contribution >= 0.6 is 11.6 Å². The first-order chi connectivity index (χ1) is 8.63. The summed E-state index contributed by atoms with van der Waals surface area (Å²) in [5, 5.41) is 0.664. The highest BCUT2D eigenvalue weighted by Gasteiger charge is 2.40. The molecule has 0 radical (unpaired) electrons. The number of fused-ring (bicyclic) bond motifs is 2. The summed E-state index contributed by atoms with van der Waals surface area (Å²) >= 11 is 5.99. The van der Waals surface area contributed by atoms with Crippen LogP contribution < -0.4 is 0 Å². The van der Waals surface area contributed by atoms with E-state index in [1.165, 1.54) is 25.7 Å². The van der Waals surface area contributed by atoms with Gasteiger partial charge < -0.3 is 0 Å². The molecular formula is C16H19ClO. The Kier molecular flexibility index (Phi) is 3.19. The van der Waals surface area contributed by atoms with Gasteiger partial charge in [0.25, 0.3) is 0 Å². The van der Waals surface area contributed by atoms with Gasteiger partial charge >= 0.3 is 0 Å². The second kappa shape index (κ2) is 4.70. The van der Waals surface area contributed by atoms with Crippen LogP contribution in [0.4, 0.5) is 0 Å². The van der Waals surface area contributed by atoms with Crippen LogP contribution in [-0.4, -0.2) is 5.78 Å². The van der Waals surface area contributed by atoms with E-state index in [-0.39, 0.29) is 5.78 Å². The summed E-state index contributed by atoms with van der Waals surface area (Å²) in [5.41, 5.74) is 1.87. The number of carbonyl (C=O) groups is 1. The largest absolute Gasteiger partial charge is 0.294 e. The second-order valence-corrected chi connectivity index (χ2v) is 6.46. The smallest absolute Gasteiger partial charge is 0.163 e. The van der Waals surface area contributed by atoms with Crippen molar-refractivity contribution < 1.29 is 4.79 Å². The molecule has 2 aliphatic rings. The third kappa shape index (κ3) is 2.21. The highest BCUT2D eigenvalue weighted by atomic mass is 35.5. The van der Waals surface area contributed by atoms with Crippen LogP contribution in [0.3, 0.4) is 0 Å². The highest BCUT2D eigenvalue weighted by Crippen LogP contribution is 2.49. The van der Waals surface area contributed by atoms with Crippen molar-refractivity contribution in [3.05, 3.63) is 34.3 Å². The Morgan fingerprint density at radius 2 is 2.17 bits per heavy atom. The Bertz CT molecular complexity index is 480. The molecule has 2 saturated carbocycles. The van der Waals surface area contributed by atoms with E-state index in [9.17, 15) is 4.79 Å². The van der Waals surface area contributed by atoms with Crippen LogP contribution in [0, 0.1) is 24.7 Å². The van der Waals surface area contributed by atoms with Gasteiger partial charge in [-0.2, -0.15) is 0 Å². The zero-order valence-corrected chi connectivity index (χ0v) is 11.5. The summed E-state index contributed by atoms with van der Waals surface area (Å²) in [4.78, 5) is 12.4. The molecule has 0 aliphatic heterocycles. The lowest BCUT2D eigenvalue weighted by molar-refractivity contribution is 0.0943. The SMILES string of the molecule is Cc1ccc(Cl)cc1C(=O)CC1CC2CCC1C2. The minimum absolute atomic E-state index is 0.285. The maximum Gasteiger partial charge on any atom is 0.163 e. The molecule has 1 nitrogen and oxygen atoms in total. The summed E-state index contributed by atoms with van der Waals surface area (Å²) < 4.78 is 0. The Balaban J connectivity index is 1.73. The van der Waals surface area contributed by atoms with Crippen molar-refractivity contribution in [2.24, 2.45) is 17.8 Å². The lowest BCUT2D eigenvalue weighted by Gasteiger charge is -2.21. The molecule has 1 aromatic carbocycles. The molecule has 1 aromatic rings. The number of aryl methyl sites for hydroxylation is 1. The normalized spacial score (nSPS) is 29.8. The summed E-state index contributed by atoms with van der Waals surface area (Å²) in [6, 6.07) is 5.62. The van der Waals surface area contributed by atoms with Gasteiger partial charge in [0.2, 0.25) is 0 Å². The Labute approximate surface area is 114 Å². The molecule has 3 atom stereocenters. The Morgan fingerprint density at radius 3 is 2.83 bits per heavy atom. The number of benzene rings is 1. The minimum atomic E-state index is 0.285. The van der Waals surface area contributed by atoms with Gasteiger partial charge in [0, 0.05) is 17.0 Å². The molecule has 3 unspecified atom stereocenters. The van der Waals surface area contributed by atoms with Crippen molar-refractivity contribution in [1.29, 1.82) is 0 Å². The molecule has 0 amide bonds. The first-order valence-corrected chi connectivity index (χ1v) is 7.30.